The van der Waals surface area contributed by atoms with Crippen molar-refractivity contribution in [3.8, 4) is 0 Å². The summed E-state index contributed by atoms with van der Waals surface area (Å²) in [6.07, 6.45) is 5.04. The summed E-state index contributed by atoms with van der Waals surface area (Å²) in [6, 6.07) is 4.08. The highest BCUT2D eigenvalue weighted by molar-refractivity contribution is 7.09. The van der Waals surface area contributed by atoms with Crippen molar-refractivity contribution < 1.29 is 9.90 Å². The molecule has 4 nitrogen and oxygen atoms in total. The van der Waals surface area contributed by atoms with E-state index in [2.05, 4.69) is 11.0 Å². The first kappa shape index (κ1) is 17.4. The van der Waals surface area contributed by atoms with E-state index in [0.717, 1.165) is 32.2 Å². The molecule has 0 radical (unpaired) electrons. The Labute approximate surface area is 137 Å². The van der Waals surface area contributed by atoms with Gasteiger partial charge in [-0.2, -0.15) is 0 Å². The van der Waals surface area contributed by atoms with Crippen molar-refractivity contribution in [2.75, 3.05) is 27.2 Å². The number of thiophene rings is 1. The third-order valence-corrected chi connectivity index (χ3v) is 5.22. The summed E-state index contributed by atoms with van der Waals surface area (Å²) < 4.78 is 0. The molecule has 0 bridgehead atoms. The molecule has 1 amide bonds. The highest BCUT2D eigenvalue weighted by atomic mass is 32.1. The van der Waals surface area contributed by atoms with Gasteiger partial charge in [-0.3, -0.25) is 4.79 Å². The van der Waals surface area contributed by atoms with Crippen LogP contribution in [0.3, 0.4) is 0 Å². The average Bonchev–Trinajstić information content (AvgIpc) is 2.96. The van der Waals surface area contributed by atoms with Gasteiger partial charge in [0.15, 0.2) is 0 Å². The minimum atomic E-state index is -0.777. The van der Waals surface area contributed by atoms with E-state index in [1.807, 2.05) is 30.4 Å². The largest absolute Gasteiger partial charge is 0.389 e. The molecule has 2 rings (SSSR count). The first-order chi connectivity index (χ1) is 10.5. The van der Waals surface area contributed by atoms with Crippen LogP contribution in [0.2, 0.25) is 0 Å². The van der Waals surface area contributed by atoms with Gasteiger partial charge < -0.3 is 14.9 Å². The molecule has 1 fully saturated rings. The van der Waals surface area contributed by atoms with Crippen LogP contribution < -0.4 is 0 Å². The molecule has 1 aromatic rings. The van der Waals surface area contributed by atoms with E-state index in [1.54, 1.807) is 11.3 Å². The Bertz CT molecular complexity index is 453. The summed E-state index contributed by atoms with van der Waals surface area (Å²) in [6.45, 7) is 2.20. The standard InChI is InChI=1S/C17H28N2O2S/c1-18(2)10-11-19(14-15-7-6-12-22-15)16(20)13-17(21)8-4-3-5-9-17/h6-7,12,21H,3-5,8-11,13-14H2,1-2H3. The zero-order chi connectivity index (χ0) is 16.0. The summed E-state index contributed by atoms with van der Waals surface area (Å²) in [5.74, 6) is 0.0830. The SMILES string of the molecule is CN(C)CCN(Cc1cccs1)C(=O)CC1(O)CCCCC1. The number of nitrogens with zero attached hydrogens (tertiary/aromatic N) is 2. The number of likely N-dealkylation sites (N-methyl/N-ethyl adjacent to an activating group) is 1. The molecule has 1 aromatic heterocycles. The van der Waals surface area contributed by atoms with Crippen LogP contribution >= 0.6 is 11.3 Å². The number of hydrogen-bond acceptors (Lipinski definition) is 4. The van der Waals surface area contributed by atoms with E-state index in [0.29, 0.717) is 13.1 Å². The fourth-order valence-electron chi connectivity index (χ4n) is 2.98. The molecular weight excluding hydrogens is 296 g/mol. The van der Waals surface area contributed by atoms with Crippen LogP contribution in [0.25, 0.3) is 0 Å². The predicted octanol–water partition coefficient (Wildman–Crippen LogP) is 2.72. The summed E-state index contributed by atoms with van der Waals surface area (Å²) in [7, 11) is 4.03. The molecule has 1 heterocycles. The Balaban J connectivity index is 1.97. The lowest BCUT2D eigenvalue weighted by molar-refractivity contribution is -0.138. The van der Waals surface area contributed by atoms with Crippen molar-refractivity contribution in [1.82, 2.24) is 9.80 Å². The zero-order valence-corrected chi connectivity index (χ0v) is 14.6. The number of aliphatic hydroxyl groups is 1. The number of rotatable bonds is 7. The molecule has 0 unspecified atom stereocenters. The lowest BCUT2D eigenvalue weighted by Crippen LogP contribution is -2.42. The van der Waals surface area contributed by atoms with Gasteiger partial charge in [-0.05, 0) is 38.4 Å². The van der Waals surface area contributed by atoms with E-state index in [1.165, 1.54) is 11.3 Å². The fourth-order valence-corrected chi connectivity index (χ4v) is 3.70. The average molecular weight is 324 g/mol. The lowest BCUT2D eigenvalue weighted by Gasteiger charge is -2.34. The molecule has 1 aliphatic rings. The molecule has 0 aromatic carbocycles. The number of amides is 1. The second-order valence-corrected chi connectivity index (χ2v) is 7.69. The zero-order valence-electron chi connectivity index (χ0n) is 13.8. The van der Waals surface area contributed by atoms with Crippen LogP contribution in [-0.4, -0.2) is 53.6 Å². The number of carbonyl (C=O) groups excluding carboxylic acids is 1. The van der Waals surface area contributed by atoms with Crippen LogP contribution in [0.5, 0.6) is 0 Å². The van der Waals surface area contributed by atoms with Gasteiger partial charge in [0.1, 0.15) is 0 Å². The predicted molar refractivity (Wildman–Crippen MR) is 90.9 cm³/mol. The molecule has 0 atom stereocenters. The van der Waals surface area contributed by atoms with E-state index >= 15 is 0 Å². The normalized spacial score (nSPS) is 17.6. The Morgan fingerprint density at radius 3 is 2.59 bits per heavy atom. The minimum Gasteiger partial charge on any atom is -0.389 e. The quantitative estimate of drug-likeness (QED) is 0.839. The first-order valence-corrected chi connectivity index (χ1v) is 9.04. The minimum absolute atomic E-state index is 0.0830. The maximum absolute atomic E-state index is 12.7. The van der Waals surface area contributed by atoms with Gasteiger partial charge in [-0.15, -0.1) is 11.3 Å². The van der Waals surface area contributed by atoms with Crippen molar-refractivity contribution in [2.24, 2.45) is 0 Å². The molecule has 1 saturated carbocycles. The van der Waals surface area contributed by atoms with Crippen molar-refractivity contribution in [3.63, 3.8) is 0 Å². The Morgan fingerprint density at radius 2 is 2.00 bits per heavy atom. The van der Waals surface area contributed by atoms with Crippen LogP contribution in [0, 0.1) is 0 Å². The Morgan fingerprint density at radius 1 is 1.27 bits per heavy atom. The van der Waals surface area contributed by atoms with Crippen LogP contribution in [-0.2, 0) is 11.3 Å². The van der Waals surface area contributed by atoms with Gasteiger partial charge in [0, 0.05) is 18.0 Å². The maximum Gasteiger partial charge on any atom is 0.225 e. The van der Waals surface area contributed by atoms with Crippen molar-refractivity contribution in [2.45, 2.75) is 50.7 Å². The molecule has 0 aliphatic heterocycles. The third-order valence-electron chi connectivity index (χ3n) is 4.36. The smallest absolute Gasteiger partial charge is 0.225 e. The van der Waals surface area contributed by atoms with E-state index in [9.17, 15) is 9.90 Å². The Kier molecular flexibility index (Phi) is 6.41. The summed E-state index contributed by atoms with van der Waals surface area (Å²) in [5, 5.41) is 12.7. The van der Waals surface area contributed by atoms with Crippen molar-refractivity contribution >= 4 is 17.2 Å². The Hall–Kier alpha value is -0.910. The molecule has 0 spiro atoms. The molecule has 1 N–H and O–H groups in total. The third kappa shape index (κ3) is 5.38. The highest BCUT2D eigenvalue weighted by Gasteiger charge is 2.33. The molecule has 0 saturated heterocycles. The van der Waals surface area contributed by atoms with Crippen LogP contribution in [0.4, 0.5) is 0 Å². The number of carbonyl (C=O) groups is 1. The van der Waals surface area contributed by atoms with Gasteiger partial charge in [0.2, 0.25) is 5.91 Å². The second-order valence-electron chi connectivity index (χ2n) is 6.66. The van der Waals surface area contributed by atoms with Gasteiger partial charge in [0.25, 0.3) is 0 Å². The lowest BCUT2D eigenvalue weighted by atomic mass is 9.82. The van der Waals surface area contributed by atoms with Gasteiger partial charge in [0.05, 0.1) is 18.6 Å². The van der Waals surface area contributed by atoms with Crippen LogP contribution in [0.15, 0.2) is 17.5 Å². The van der Waals surface area contributed by atoms with Crippen molar-refractivity contribution in [1.29, 1.82) is 0 Å². The molecule has 5 heteroatoms. The number of hydrogen-bond donors (Lipinski definition) is 1. The van der Waals surface area contributed by atoms with E-state index in [4.69, 9.17) is 0 Å². The summed E-state index contributed by atoms with van der Waals surface area (Å²) in [4.78, 5) is 17.9. The molecule has 124 valence electrons. The monoisotopic (exact) mass is 324 g/mol. The van der Waals surface area contributed by atoms with Gasteiger partial charge in [-0.25, -0.2) is 0 Å². The topological polar surface area (TPSA) is 43.8 Å². The van der Waals surface area contributed by atoms with Crippen molar-refractivity contribution in [3.05, 3.63) is 22.4 Å². The molecular formula is C17H28N2O2S. The maximum atomic E-state index is 12.7. The highest BCUT2D eigenvalue weighted by Crippen LogP contribution is 2.31. The molecule has 1 aliphatic carbocycles. The first-order valence-electron chi connectivity index (χ1n) is 8.16. The summed E-state index contributed by atoms with van der Waals surface area (Å²) >= 11 is 1.68. The van der Waals surface area contributed by atoms with E-state index in [-0.39, 0.29) is 12.3 Å². The second kappa shape index (κ2) is 8.09. The van der Waals surface area contributed by atoms with E-state index < -0.39 is 5.60 Å². The van der Waals surface area contributed by atoms with Gasteiger partial charge in [-0.1, -0.05) is 25.3 Å². The van der Waals surface area contributed by atoms with Crippen LogP contribution in [0.1, 0.15) is 43.4 Å². The van der Waals surface area contributed by atoms with Gasteiger partial charge >= 0.3 is 0 Å². The fraction of sp³-hybridized carbons (Fsp3) is 0.706. The molecule has 22 heavy (non-hydrogen) atoms. The summed E-state index contributed by atoms with van der Waals surface area (Å²) in [5.41, 5.74) is -0.777.